The van der Waals surface area contributed by atoms with Crippen molar-refractivity contribution in [1.29, 1.82) is 0 Å². The lowest BCUT2D eigenvalue weighted by molar-refractivity contribution is 0.489. The van der Waals surface area contributed by atoms with E-state index in [0.717, 1.165) is 17.5 Å². The first-order chi connectivity index (χ1) is 5.20. The normalized spacial score (nSPS) is 20.2. The van der Waals surface area contributed by atoms with Gasteiger partial charge in [-0.25, -0.2) is 0 Å². The van der Waals surface area contributed by atoms with Crippen LogP contribution in [0.2, 0.25) is 0 Å². The Morgan fingerprint density at radius 2 is 2.18 bits per heavy atom. The Morgan fingerprint density at radius 3 is 2.64 bits per heavy atom. The fraction of sp³-hybridized carbons (Fsp3) is 0.875. The van der Waals surface area contributed by atoms with E-state index in [1.807, 2.05) is 11.8 Å². The Bertz CT molecular complexity index is 154. The second kappa shape index (κ2) is 4.00. The molecule has 0 amide bonds. The van der Waals surface area contributed by atoms with Gasteiger partial charge in [0.1, 0.15) is 0 Å². The van der Waals surface area contributed by atoms with E-state index in [1.165, 1.54) is 0 Å². The highest BCUT2D eigenvalue weighted by molar-refractivity contribution is 8.14. The predicted molar refractivity (Wildman–Crippen MR) is 52.2 cm³/mol. The van der Waals surface area contributed by atoms with E-state index >= 15 is 0 Å². The molecule has 64 valence electrons. The number of nitrogens with one attached hydrogen (secondary N) is 1. The zero-order valence-electron chi connectivity index (χ0n) is 7.42. The van der Waals surface area contributed by atoms with Crippen molar-refractivity contribution in [3.63, 3.8) is 0 Å². The Kier molecular flexibility index (Phi) is 3.24. The van der Waals surface area contributed by atoms with Crippen LogP contribution in [0.4, 0.5) is 0 Å². The van der Waals surface area contributed by atoms with Crippen LogP contribution in [0.15, 0.2) is 4.99 Å². The summed E-state index contributed by atoms with van der Waals surface area (Å²) in [5.74, 6) is 1.83. The molecule has 0 spiro atoms. The lowest BCUT2D eigenvalue weighted by Crippen LogP contribution is -2.33. The molecule has 1 unspecified atom stereocenters. The molecular formula is C8H16N2S. The number of aliphatic imine (C=N–C) groups is 1. The first-order valence-corrected chi connectivity index (χ1v) is 5.12. The Morgan fingerprint density at radius 1 is 1.45 bits per heavy atom. The number of hydrogen-bond acceptors (Lipinski definition) is 3. The van der Waals surface area contributed by atoms with E-state index in [4.69, 9.17) is 0 Å². The van der Waals surface area contributed by atoms with Gasteiger partial charge in [0, 0.05) is 11.8 Å². The topological polar surface area (TPSA) is 24.4 Å². The molecule has 1 heterocycles. The van der Waals surface area contributed by atoms with Crippen LogP contribution in [0.3, 0.4) is 0 Å². The van der Waals surface area contributed by atoms with Gasteiger partial charge in [-0.3, -0.25) is 4.99 Å². The highest BCUT2D eigenvalue weighted by atomic mass is 32.2. The van der Waals surface area contributed by atoms with E-state index in [1.54, 1.807) is 0 Å². The minimum absolute atomic E-state index is 0.541. The first-order valence-electron chi connectivity index (χ1n) is 4.14. The highest BCUT2D eigenvalue weighted by Gasteiger charge is 2.11. The summed E-state index contributed by atoms with van der Waals surface area (Å²) in [6.07, 6.45) is 0. The molecule has 0 radical (unpaired) electrons. The minimum Gasteiger partial charge on any atom is -0.362 e. The zero-order chi connectivity index (χ0) is 8.27. The van der Waals surface area contributed by atoms with Crippen molar-refractivity contribution >= 4 is 16.9 Å². The number of thioether (sulfide) groups is 1. The molecule has 1 aliphatic heterocycles. The molecular weight excluding hydrogens is 156 g/mol. The third-order valence-corrected chi connectivity index (χ3v) is 2.84. The van der Waals surface area contributed by atoms with Crippen molar-refractivity contribution in [2.24, 2.45) is 10.9 Å². The second-order valence-corrected chi connectivity index (χ2v) is 4.30. The molecule has 2 nitrogen and oxygen atoms in total. The summed E-state index contributed by atoms with van der Waals surface area (Å²) in [4.78, 5) is 4.33. The quantitative estimate of drug-likeness (QED) is 0.686. The summed E-state index contributed by atoms with van der Waals surface area (Å²) in [5.41, 5.74) is 0. The van der Waals surface area contributed by atoms with Crippen LogP contribution >= 0.6 is 11.8 Å². The van der Waals surface area contributed by atoms with Crippen molar-refractivity contribution < 1.29 is 0 Å². The van der Waals surface area contributed by atoms with E-state index in [-0.39, 0.29) is 0 Å². The fourth-order valence-electron chi connectivity index (χ4n) is 0.784. The van der Waals surface area contributed by atoms with Crippen LogP contribution in [-0.2, 0) is 0 Å². The van der Waals surface area contributed by atoms with Crippen LogP contribution in [0.25, 0.3) is 0 Å². The Balaban J connectivity index is 2.29. The van der Waals surface area contributed by atoms with Crippen molar-refractivity contribution in [1.82, 2.24) is 5.32 Å². The summed E-state index contributed by atoms with van der Waals surface area (Å²) in [5, 5.41) is 4.52. The van der Waals surface area contributed by atoms with Gasteiger partial charge in [0.05, 0.1) is 6.54 Å². The molecule has 1 N–H and O–H groups in total. The molecule has 0 aromatic rings. The summed E-state index contributed by atoms with van der Waals surface area (Å²) < 4.78 is 0. The first kappa shape index (κ1) is 8.91. The van der Waals surface area contributed by atoms with Gasteiger partial charge in [-0.05, 0) is 12.8 Å². The smallest absolute Gasteiger partial charge is 0.156 e. The van der Waals surface area contributed by atoms with Gasteiger partial charge in [0.15, 0.2) is 5.17 Å². The van der Waals surface area contributed by atoms with E-state index in [9.17, 15) is 0 Å². The number of hydrogen-bond donors (Lipinski definition) is 1. The molecule has 1 aliphatic rings. The number of amidine groups is 1. The van der Waals surface area contributed by atoms with Crippen LogP contribution in [-0.4, -0.2) is 23.5 Å². The van der Waals surface area contributed by atoms with E-state index in [0.29, 0.717) is 12.0 Å². The molecule has 0 aromatic heterocycles. The molecule has 0 saturated heterocycles. The number of nitrogens with zero attached hydrogens (tertiary/aromatic N) is 1. The van der Waals surface area contributed by atoms with Gasteiger partial charge < -0.3 is 5.32 Å². The molecule has 0 bridgehead atoms. The van der Waals surface area contributed by atoms with Crippen molar-refractivity contribution in [2.45, 2.75) is 26.8 Å². The van der Waals surface area contributed by atoms with Crippen LogP contribution in [0, 0.1) is 5.92 Å². The lowest BCUT2D eigenvalue weighted by Gasteiger charge is -2.17. The van der Waals surface area contributed by atoms with E-state index in [2.05, 4.69) is 31.1 Å². The molecule has 11 heavy (non-hydrogen) atoms. The third-order valence-electron chi connectivity index (χ3n) is 1.94. The second-order valence-electron chi connectivity index (χ2n) is 3.21. The maximum atomic E-state index is 4.33. The maximum Gasteiger partial charge on any atom is 0.156 e. The molecule has 0 saturated carbocycles. The summed E-state index contributed by atoms with van der Waals surface area (Å²) >= 11 is 1.83. The predicted octanol–water partition coefficient (Wildman–Crippen LogP) is 1.72. The standard InChI is InChI=1S/C8H16N2S/c1-6(2)7(3)10-8-9-4-5-11-8/h6-7H,4-5H2,1-3H3,(H,9,10). The zero-order valence-corrected chi connectivity index (χ0v) is 8.24. The molecule has 1 rings (SSSR count). The van der Waals surface area contributed by atoms with Crippen molar-refractivity contribution in [2.75, 3.05) is 12.3 Å². The van der Waals surface area contributed by atoms with Gasteiger partial charge in [-0.15, -0.1) is 0 Å². The van der Waals surface area contributed by atoms with Gasteiger partial charge in [-0.2, -0.15) is 0 Å². The van der Waals surface area contributed by atoms with Crippen LogP contribution in [0.1, 0.15) is 20.8 Å². The maximum absolute atomic E-state index is 4.33. The fourth-order valence-corrected chi connectivity index (χ4v) is 1.61. The average molecular weight is 172 g/mol. The van der Waals surface area contributed by atoms with Crippen molar-refractivity contribution in [3.8, 4) is 0 Å². The monoisotopic (exact) mass is 172 g/mol. The van der Waals surface area contributed by atoms with Crippen LogP contribution in [0.5, 0.6) is 0 Å². The summed E-state index contributed by atoms with van der Waals surface area (Å²) in [7, 11) is 0. The Labute approximate surface area is 72.9 Å². The molecule has 1 atom stereocenters. The van der Waals surface area contributed by atoms with Gasteiger partial charge >= 0.3 is 0 Å². The van der Waals surface area contributed by atoms with Gasteiger partial charge in [0.25, 0.3) is 0 Å². The Hall–Kier alpha value is -0.180. The van der Waals surface area contributed by atoms with E-state index < -0.39 is 0 Å². The average Bonchev–Trinajstić information content (AvgIpc) is 2.39. The minimum atomic E-state index is 0.541. The SMILES string of the molecule is CC(C)C(C)NC1=NCCS1. The third kappa shape index (κ3) is 2.73. The summed E-state index contributed by atoms with van der Waals surface area (Å²) in [6, 6.07) is 0.541. The van der Waals surface area contributed by atoms with Gasteiger partial charge in [-0.1, -0.05) is 25.6 Å². The largest absolute Gasteiger partial charge is 0.362 e. The highest BCUT2D eigenvalue weighted by Crippen LogP contribution is 2.11. The lowest BCUT2D eigenvalue weighted by atomic mass is 10.1. The molecule has 0 aromatic carbocycles. The molecule has 0 fully saturated rings. The molecule has 0 aliphatic carbocycles. The summed E-state index contributed by atoms with van der Waals surface area (Å²) in [6.45, 7) is 7.62. The van der Waals surface area contributed by atoms with Crippen LogP contribution < -0.4 is 5.32 Å². The molecule has 3 heteroatoms. The van der Waals surface area contributed by atoms with Gasteiger partial charge in [0.2, 0.25) is 0 Å². The van der Waals surface area contributed by atoms with Crippen molar-refractivity contribution in [3.05, 3.63) is 0 Å². The number of rotatable bonds is 2.